The Labute approximate surface area is 108 Å². The van der Waals surface area contributed by atoms with Gasteiger partial charge in [0, 0.05) is 19.1 Å². The third kappa shape index (κ3) is 2.98. The summed E-state index contributed by atoms with van der Waals surface area (Å²) in [6, 6.07) is -0.171. The Balaban J connectivity index is 2.04. The van der Waals surface area contributed by atoms with Gasteiger partial charge in [-0.15, -0.1) is 0 Å². The van der Waals surface area contributed by atoms with Crippen molar-refractivity contribution in [3.63, 3.8) is 0 Å². The van der Waals surface area contributed by atoms with Gasteiger partial charge in [0.25, 0.3) is 0 Å². The molecule has 98 valence electrons. The number of rotatable bonds is 2. The van der Waals surface area contributed by atoms with Crippen LogP contribution in [0.2, 0.25) is 5.28 Å². The molecule has 6 nitrogen and oxygen atoms in total. The lowest BCUT2D eigenvalue weighted by Crippen LogP contribution is -2.44. The highest BCUT2D eigenvalue weighted by atomic mass is 35.5. The van der Waals surface area contributed by atoms with Crippen molar-refractivity contribution in [1.82, 2.24) is 14.9 Å². The Kier molecular flexibility index (Phi) is 3.81. The summed E-state index contributed by atoms with van der Waals surface area (Å²) in [4.78, 5) is 19.4. The van der Waals surface area contributed by atoms with E-state index < -0.39 is 11.9 Å². The van der Waals surface area contributed by atoms with Gasteiger partial charge in [0.1, 0.15) is 0 Å². The van der Waals surface area contributed by atoms with Crippen molar-refractivity contribution in [2.24, 2.45) is 0 Å². The van der Waals surface area contributed by atoms with Crippen LogP contribution in [0.15, 0.2) is 6.20 Å². The molecular weight excluding hydrogens is 263 g/mol. The molecule has 1 aliphatic heterocycles. The van der Waals surface area contributed by atoms with Crippen LogP contribution in [0.3, 0.4) is 0 Å². The van der Waals surface area contributed by atoms with Crippen LogP contribution in [0.25, 0.3) is 0 Å². The summed E-state index contributed by atoms with van der Waals surface area (Å²) in [7, 11) is 0. The predicted octanol–water partition coefficient (Wildman–Crippen LogP) is 1.82. The quantitative estimate of drug-likeness (QED) is 0.805. The van der Waals surface area contributed by atoms with Crippen LogP contribution in [0.1, 0.15) is 12.8 Å². The lowest BCUT2D eigenvalue weighted by molar-refractivity contribution is 0.132. The first-order valence-electron chi connectivity index (χ1n) is 5.48. The zero-order valence-corrected chi connectivity index (χ0v) is 10.2. The average molecular weight is 275 g/mol. The van der Waals surface area contributed by atoms with Crippen molar-refractivity contribution in [2.75, 3.05) is 18.4 Å². The van der Waals surface area contributed by atoms with Gasteiger partial charge >= 0.3 is 6.09 Å². The number of hydrogen-bond donors (Lipinski definition) is 2. The number of carboxylic acid groups (broad SMARTS) is 1. The third-order valence-electron chi connectivity index (χ3n) is 2.75. The summed E-state index contributed by atoms with van der Waals surface area (Å²) in [5.74, 6) is -0.598. The molecular formula is C10H12ClFN4O2. The number of likely N-dealkylation sites (tertiary alicyclic amines) is 1. The SMILES string of the molecule is O=C(O)N1CCCC(Nc2nc(Cl)ncc2F)C1. The molecule has 2 rings (SSSR count). The summed E-state index contributed by atoms with van der Waals surface area (Å²) in [6.45, 7) is 0.803. The maximum absolute atomic E-state index is 13.4. The first-order chi connectivity index (χ1) is 8.56. The van der Waals surface area contributed by atoms with Gasteiger partial charge < -0.3 is 15.3 Å². The van der Waals surface area contributed by atoms with E-state index in [0.717, 1.165) is 19.0 Å². The number of anilines is 1. The minimum Gasteiger partial charge on any atom is -0.465 e. The highest BCUT2D eigenvalue weighted by molar-refractivity contribution is 6.28. The van der Waals surface area contributed by atoms with Gasteiger partial charge in [-0.1, -0.05) is 0 Å². The van der Waals surface area contributed by atoms with Gasteiger partial charge in [0.05, 0.1) is 6.20 Å². The fourth-order valence-electron chi connectivity index (χ4n) is 1.91. The molecule has 1 aromatic rings. The van der Waals surface area contributed by atoms with Gasteiger partial charge in [-0.3, -0.25) is 0 Å². The van der Waals surface area contributed by atoms with Crippen molar-refractivity contribution in [1.29, 1.82) is 0 Å². The van der Waals surface area contributed by atoms with E-state index in [4.69, 9.17) is 16.7 Å². The molecule has 0 saturated carbocycles. The molecule has 0 aromatic carbocycles. The van der Waals surface area contributed by atoms with Crippen molar-refractivity contribution < 1.29 is 14.3 Å². The molecule has 0 aliphatic carbocycles. The van der Waals surface area contributed by atoms with Gasteiger partial charge in [-0.2, -0.15) is 4.98 Å². The molecule has 1 unspecified atom stereocenters. The Morgan fingerprint density at radius 1 is 1.67 bits per heavy atom. The lowest BCUT2D eigenvalue weighted by Gasteiger charge is -2.31. The number of halogens is 2. The number of hydrogen-bond acceptors (Lipinski definition) is 4. The molecule has 1 saturated heterocycles. The number of amides is 1. The lowest BCUT2D eigenvalue weighted by atomic mass is 10.1. The Hall–Kier alpha value is -1.63. The second-order valence-corrected chi connectivity index (χ2v) is 4.39. The molecule has 18 heavy (non-hydrogen) atoms. The van der Waals surface area contributed by atoms with Crippen LogP contribution < -0.4 is 5.32 Å². The van der Waals surface area contributed by atoms with Gasteiger partial charge in [0.15, 0.2) is 11.6 Å². The molecule has 2 N–H and O–H groups in total. The molecule has 0 spiro atoms. The molecule has 1 atom stereocenters. The zero-order chi connectivity index (χ0) is 13.1. The van der Waals surface area contributed by atoms with E-state index in [1.54, 1.807) is 0 Å². The van der Waals surface area contributed by atoms with Crippen molar-refractivity contribution in [3.8, 4) is 0 Å². The van der Waals surface area contributed by atoms with Crippen LogP contribution in [-0.4, -0.2) is 45.2 Å². The maximum Gasteiger partial charge on any atom is 0.407 e. The first kappa shape index (κ1) is 12.8. The predicted molar refractivity (Wildman–Crippen MR) is 63.2 cm³/mol. The summed E-state index contributed by atoms with van der Waals surface area (Å²) < 4.78 is 13.4. The highest BCUT2D eigenvalue weighted by Gasteiger charge is 2.24. The molecule has 1 aromatic heterocycles. The number of carbonyl (C=O) groups is 1. The van der Waals surface area contributed by atoms with Gasteiger partial charge in [0.2, 0.25) is 5.28 Å². The largest absolute Gasteiger partial charge is 0.465 e. The van der Waals surface area contributed by atoms with Crippen LogP contribution in [-0.2, 0) is 0 Å². The molecule has 8 heteroatoms. The standard InChI is InChI=1S/C10H12ClFN4O2/c11-9-13-4-7(12)8(15-9)14-6-2-1-3-16(5-6)10(17)18/h4,6H,1-3,5H2,(H,17,18)(H,13,14,15). The Morgan fingerprint density at radius 2 is 2.44 bits per heavy atom. The Bertz CT molecular complexity index is 460. The zero-order valence-electron chi connectivity index (χ0n) is 9.44. The second kappa shape index (κ2) is 5.34. The monoisotopic (exact) mass is 274 g/mol. The average Bonchev–Trinajstić information content (AvgIpc) is 2.34. The smallest absolute Gasteiger partial charge is 0.407 e. The van der Waals surface area contributed by atoms with E-state index in [9.17, 15) is 9.18 Å². The van der Waals surface area contributed by atoms with Crippen molar-refractivity contribution in [3.05, 3.63) is 17.3 Å². The number of nitrogens with one attached hydrogen (secondary N) is 1. The van der Waals surface area contributed by atoms with Crippen molar-refractivity contribution >= 4 is 23.5 Å². The minimum atomic E-state index is -0.970. The van der Waals surface area contributed by atoms with E-state index in [0.29, 0.717) is 13.1 Å². The summed E-state index contributed by atoms with van der Waals surface area (Å²) in [5.41, 5.74) is 0. The fraction of sp³-hybridized carbons (Fsp3) is 0.500. The number of nitrogens with zero attached hydrogens (tertiary/aromatic N) is 3. The summed E-state index contributed by atoms with van der Waals surface area (Å²) >= 11 is 5.58. The van der Waals surface area contributed by atoms with E-state index in [1.165, 1.54) is 4.90 Å². The number of aromatic nitrogens is 2. The normalized spacial score (nSPS) is 19.7. The van der Waals surface area contributed by atoms with Crippen LogP contribution in [0, 0.1) is 5.82 Å². The maximum atomic E-state index is 13.4. The minimum absolute atomic E-state index is 0.00670. The van der Waals surface area contributed by atoms with Gasteiger partial charge in [-0.05, 0) is 24.4 Å². The van der Waals surface area contributed by atoms with Gasteiger partial charge in [-0.25, -0.2) is 14.2 Å². The van der Waals surface area contributed by atoms with Crippen LogP contribution in [0.4, 0.5) is 15.0 Å². The fourth-order valence-corrected chi connectivity index (χ4v) is 2.04. The summed E-state index contributed by atoms with van der Waals surface area (Å²) in [6.07, 6.45) is 1.49. The van der Waals surface area contributed by atoms with E-state index in [1.807, 2.05) is 0 Å². The van der Waals surface area contributed by atoms with Crippen molar-refractivity contribution in [2.45, 2.75) is 18.9 Å². The molecule has 1 aliphatic rings. The second-order valence-electron chi connectivity index (χ2n) is 4.05. The van der Waals surface area contributed by atoms with E-state index in [-0.39, 0.29) is 17.1 Å². The Morgan fingerprint density at radius 3 is 3.17 bits per heavy atom. The molecule has 2 heterocycles. The topological polar surface area (TPSA) is 78.4 Å². The molecule has 1 amide bonds. The highest BCUT2D eigenvalue weighted by Crippen LogP contribution is 2.18. The van der Waals surface area contributed by atoms with E-state index >= 15 is 0 Å². The first-order valence-corrected chi connectivity index (χ1v) is 5.86. The third-order valence-corrected chi connectivity index (χ3v) is 2.93. The summed E-state index contributed by atoms with van der Waals surface area (Å²) in [5, 5.41) is 11.7. The van der Waals surface area contributed by atoms with E-state index in [2.05, 4.69) is 15.3 Å². The van der Waals surface area contributed by atoms with Crippen LogP contribution >= 0.6 is 11.6 Å². The van der Waals surface area contributed by atoms with Crippen LogP contribution in [0.5, 0.6) is 0 Å². The molecule has 0 bridgehead atoms. The number of piperidine rings is 1. The molecule has 1 fully saturated rings. The molecule has 0 radical (unpaired) electrons.